The van der Waals surface area contributed by atoms with Crippen molar-refractivity contribution in [3.8, 4) is 5.75 Å². The molecule has 0 aliphatic heterocycles. The van der Waals surface area contributed by atoms with Crippen LogP contribution >= 0.6 is 0 Å². The highest BCUT2D eigenvalue weighted by Crippen LogP contribution is 2.26. The highest BCUT2D eigenvalue weighted by Gasteiger charge is 2.19. The van der Waals surface area contributed by atoms with Gasteiger partial charge in [0.25, 0.3) is 11.5 Å². The topological polar surface area (TPSA) is 73.2 Å². The van der Waals surface area contributed by atoms with Crippen molar-refractivity contribution in [3.63, 3.8) is 0 Å². The number of anilines is 1. The zero-order valence-electron chi connectivity index (χ0n) is 14.6. The fraction of sp³-hybridized carbons (Fsp3) is 0.211. The number of para-hydroxylation sites is 2. The molecule has 6 nitrogen and oxygen atoms in total. The van der Waals surface area contributed by atoms with Gasteiger partial charge in [0.1, 0.15) is 5.75 Å². The van der Waals surface area contributed by atoms with Gasteiger partial charge in [0.2, 0.25) is 0 Å². The van der Waals surface area contributed by atoms with Gasteiger partial charge < -0.3 is 10.1 Å². The summed E-state index contributed by atoms with van der Waals surface area (Å²) in [5.41, 5.74) is -0.208. The molecular weight excluding hydrogens is 356 g/mol. The Morgan fingerprint density at radius 2 is 1.70 bits per heavy atom. The molecule has 2 aromatic carbocycles. The van der Waals surface area contributed by atoms with Crippen LogP contribution in [0.15, 0.2) is 53.3 Å². The highest BCUT2D eigenvalue weighted by molar-refractivity contribution is 6.11. The van der Waals surface area contributed by atoms with Crippen LogP contribution in [0.2, 0.25) is 0 Å². The zero-order chi connectivity index (χ0) is 19.6. The van der Waals surface area contributed by atoms with Crippen LogP contribution in [0.25, 0.3) is 10.8 Å². The maximum Gasteiger partial charge on any atom is 0.387 e. The molecule has 27 heavy (non-hydrogen) atoms. The molecular formula is C19H17F2N3O3. The van der Waals surface area contributed by atoms with Gasteiger partial charge >= 0.3 is 6.61 Å². The van der Waals surface area contributed by atoms with Gasteiger partial charge in [-0.05, 0) is 32.0 Å². The summed E-state index contributed by atoms with van der Waals surface area (Å²) in [6, 6.07) is 12.2. The fourth-order valence-electron chi connectivity index (χ4n) is 2.67. The highest BCUT2D eigenvalue weighted by atomic mass is 19.3. The first-order valence-electron chi connectivity index (χ1n) is 8.25. The quantitative estimate of drug-likeness (QED) is 0.738. The lowest BCUT2D eigenvalue weighted by Gasteiger charge is -2.15. The van der Waals surface area contributed by atoms with Crippen molar-refractivity contribution in [2.24, 2.45) is 0 Å². The van der Waals surface area contributed by atoms with E-state index in [0.717, 1.165) is 0 Å². The number of hydrogen-bond donors (Lipinski definition) is 1. The molecule has 0 radical (unpaired) electrons. The number of rotatable bonds is 5. The van der Waals surface area contributed by atoms with Crippen LogP contribution in [0.1, 0.15) is 30.4 Å². The summed E-state index contributed by atoms with van der Waals surface area (Å²) in [6.07, 6.45) is 0. The molecule has 0 saturated carbocycles. The standard InChI is InChI=1S/C19H17F2N3O3/c1-11(2)24-18(26)13-8-4-3-7-12(13)16(23-24)17(25)22-14-9-5-6-10-15(14)27-19(20)21/h3-11,19H,1-2H3,(H,22,25). The summed E-state index contributed by atoms with van der Waals surface area (Å²) in [5.74, 6) is -0.798. The molecule has 0 fully saturated rings. The lowest BCUT2D eigenvalue weighted by atomic mass is 10.1. The van der Waals surface area contributed by atoms with E-state index >= 15 is 0 Å². The first-order chi connectivity index (χ1) is 12.9. The molecule has 140 valence electrons. The van der Waals surface area contributed by atoms with Crippen molar-refractivity contribution < 1.29 is 18.3 Å². The van der Waals surface area contributed by atoms with Gasteiger partial charge in [-0.15, -0.1) is 0 Å². The lowest BCUT2D eigenvalue weighted by molar-refractivity contribution is -0.0493. The summed E-state index contributed by atoms with van der Waals surface area (Å²) in [7, 11) is 0. The number of halogens is 2. The Balaban J connectivity index is 2.07. The van der Waals surface area contributed by atoms with Crippen LogP contribution in [0.4, 0.5) is 14.5 Å². The minimum Gasteiger partial charge on any atom is -0.433 e. The number of nitrogens with zero attached hydrogens (tertiary/aromatic N) is 2. The van der Waals surface area contributed by atoms with E-state index in [1.165, 1.54) is 22.9 Å². The van der Waals surface area contributed by atoms with Gasteiger partial charge in [-0.1, -0.05) is 30.3 Å². The van der Waals surface area contributed by atoms with E-state index in [9.17, 15) is 18.4 Å². The molecule has 8 heteroatoms. The van der Waals surface area contributed by atoms with E-state index in [4.69, 9.17) is 0 Å². The third-order valence-electron chi connectivity index (χ3n) is 3.88. The predicted octanol–water partition coefficient (Wildman–Crippen LogP) is 3.83. The molecule has 0 atom stereocenters. The zero-order valence-corrected chi connectivity index (χ0v) is 14.6. The number of alkyl halides is 2. The van der Waals surface area contributed by atoms with Crippen LogP contribution < -0.4 is 15.6 Å². The average molecular weight is 373 g/mol. The maximum atomic E-state index is 12.8. The molecule has 0 aliphatic rings. The lowest BCUT2D eigenvalue weighted by Crippen LogP contribution is -2.29. The summed E-state index contributed by atoms with van der Waals surface area (Å²) < 4.78 is 30.8. The Kier molecular flexibility index (Phi) is 5.16. The SMILES string of the molecule is CC(C)n1nc(C(=O)Nc2ccccc2OC(F)F)c2ccccc2c1=O. The van der Waals surface area contributed by atoms with E-state index in [1.54, 1.807) is 44.2 Å². The molecule has 0 aliphatic carbocycles. The van der Waals surface area contributed by atoms with Crippen LogP contribution in [-0.2, 0) is 0 Å². The van der Waals surface area contributed by atoms with E-state index in [-0.39, 0.29) is 28.7 Å². The van der Waals surface area contributed by atoms with Crippen molar-refractivity contribution in [1.29, 1.82) is 0 Å². The molecule has 3 aromatic rings. The minimum atomic E-state index is -3.02. The molecule has 0 spiro atoms. The van der Waals surface area contributed by atoms with Crippen LogP contribution in [-0.4, -0.2) is 22.3 Å². The number of aromatic nitrogens is 2. The normalized spacial score (nSPS) is 11.2. The Morgan fingerprint density at radius 3 is 2.37 bits per heavy atom. The number of ether oxygens (including phenoxy) is 1. The Labute approximate surface area is 153 Å². The van der Waals surface area contributed by atoms with Crippen molar-refractivity contribution in [2.45, 2.75) is 26.5 Å². The Morgan fingerprint density at radius 1 is 1.07 bits per heavy atom. The Hall–Kier alpha value is -3.29. The molecule has 1 N–H and O–H groups in total. The number of carbonyl (C=O) groups excluding carboxylic acids is 1. The van der Waals surface area contributed by atoms with Crippen LogP contribution in [0.3, 0.4) is 0 Å². The van der Waals surface area contributed by atoms with Gasteiger partial charge in [0.05, 0.1) is 17.1 Å². The van der Waals surface area contributed by atoms with E-state index in [1.807, 2.05) is 0 Å². The molecule has 0 saturated heterocycles. The van der Waals surface area contributed by atoms with Crippen LogP contribution in [0, 0.1) is 0 Å². The maximum absolute atomic E-state index is 12.8. The second-order valence-electron chi connectivity index (χ2n) is 6.07. The van der Waals surface area contributed by atoms with E-state index < -0.39 is 12.5 Å². The third-order valence-corrected chi connectivity index (χ3v) is 3.88. The second-order valence-corrected chi connectivity index (χ2v) is 6.07. The second kappa shape index (κ2) is 7.53. The van der Waals surface area contributed by atoms with Crippen molar-refractivity contribution in [1.82, 2.24) is 9.78 Å². The Bertz CT molecular complexity index is 1050. The largest absolute Gasteiger partial charge is 0.433 e. The number of nitrogens with one attached hydrogen (secondary N) is 1. The number of carbonyl (C=O) groups is 1. The third kappa shape index (κ3) is 3.79. The van der Waals surface area contributed by atoms with E-state index in [0.29, 0.717) is 10.8 Å². The van der Waals surface area contributed by atoms with E-state index in [2.05, 4.69) is 15.2 Å². The molecule has 0 unspecified atom stereocenters. The first kappa shape index (κ1) is 18.5. The molecule has 3 rings (SSSR count). The van der Waals surface area contributed by atoms with Crippen molar-refractivity contribution in [3.05, 3.63) is 64.6 Å². The van der Waals surface area contributed by atoms with Crippen LogP contribution in [0.5, 0.6) is 5.75 Å². The number of fused-ring (bicyclic) bond motifs is 1. The monoisotopic (exact) mass is 373 g/mol. The van der Waals surface area contributed by atoms with Crippen molar-refractivity contribution >= 4 is 22.4 Å². The fourth-order valence-corrected chi connectivity index (χ4v) is 2.67. The predicted molar refractivity (Wildman–Crippen MR) is 97.4 cm³/mol. The number of hydrogen-bond acceptors (Lipinski definition) is 4. The number of benzene rings is 2. The summed E-state index contributed by atoms with van der Waals surface area (Å²) in [4.78, 5) is 25.4. The summed E-state index contributed by atoms with van der Waals surface area (Å²) in [5, 5.41) is 7.45. The number of amides is 1. The van der Waals surface area contributed by atoms with Gasteiger partial charge in [0.15, 0.2) is 5.69 Å². The summed E-state index contributed by atoms with van der Waals surface area (Å²) in [6.45, 7) is 0.526. The summed E-state index contributed by atoms with van der Waals surface area (Å²) >= 11 is 0. The van der Waals surface area contributed by atoms with Gasteiger partial charge in [-0.25, -0.2) is 4.68 Å². The average Bonchev–Trinajstić information content (AvgIpc) is 2.63. The minimum absolute atomic E-state index is 0.0192. The van der Waals surface area contributed by atoms with Crippen molar-refractivity contribution in [2.75, 3.05) is 5.32 Å². The van der Waals surface area contributed by atoms with Gasteiger partial charge in [-0.2, -0.15) is 13.9 Å². The molecule has 1 aromatic heterocycles. The molecule has 1 amide bonds. The van der Waals surface area contributed by atoms with Gasteiger partial charge in [-0.3, -0.25) is 9.59 Å². The smallest absolute Gasteiger partial charge is 0.387 e. The molecule has 1 heterocycles. The molecule has 0 bridgehead atoms. The van der Waals surface area contributed by atoms with Gasteiger partial charge in [0, 0.05) is 5.39 Å². The first-order valence-corrected chi connectivity index (χ1v) is 8.25.